The molecule has 5 rings (SSSR count). The zero-order valence-corrected chi connectivity index (χ0v) is 18.3. The number of benzene rings is 4. The molecule has 4 aromatic carbocycles. The number of fused-ring (bicyclic) bond motifs is 1. The van der Waals surface area contributed by atoms with Crippen LogP contribution in [0.3, 0.4) is 0 Å². The Labute approximate surface area is 197 Å². The second-order valence-electron chi connectivity index (χ2n) is 7.82. The van der Waals surface area contributed by atoms with Gasteiger partial charge in [-0.15, -0.1) is 0 Å². The molecule has 0 fully saturated rings. The Morgan fingerprint density at radius 3 is 2.09 bits per heavy atom. The molecule has 4 nitrogen and oxygen atoms in total. The van der Waals surface area contributed by atoms with E-state index in [0.29, 0.717) is 17.0 Å². The average Bonchev–Trinajstić information content (AvgIpc) is 3.42. The van der Waals surface area contributed by atoms with Crippen LogP contribution in [0.2, 0.25) is 0 Å². The van der Waals surface area contributed by atoms with Gasteiger partial charge in [-0.2, -0.15) is 0 Å². The lowest BCUT2D eigenvalue weighted by Gasteiger charge is -2.22. The van der Waals surface area contributed by atoms with E-state index in [4.69, 9.17) is 4.42 Å². The molecule has 0 saturated carbocycles. The van der Waals surface area contributed by atoms with Crippen LogP contribution in [0.25, 0.3) is 16.8 Å². The molecule has 1 heterocycles. The SMILES string of the molecule is O=Cc1cc2ccccc2cc1C(=O)/C=C\c1ccc(N(c2ccccc2)c2ccco2)cc1. The number of allylic oxidation sites excluding steroid dienone is 1. The normalized spacial score (nSPS) is 11.1. The van der Waals surface area contributed by atoms with Crippen molar-refractivity contribution in [3.63, 3.8) is 0 Å². The minimum absolute atomic E-state index is 0.210. The van der Waals surface area contributed by atoms with Crippen LogP contribution in [-0.2, 0) is 0 Å². The maximum absolute atomic E-state index is 12.9. The second kappa shape index (κ2) is 9.43. The number of hydrogen-bond acceptors (Lipinski definition) is 4. The molecule has 0 aliphatic heterocycles. The molecule has 0 saturated heterocycles. The smallest absolute Gasteiger partial charge is 0.204 e. The van der Waals surface area contributed by atoms with Crippen LogP contribution >= 0.6 is 0 Å². The summed E-state index contributed by atoms with van der Waals surface area (Å²) in [5.41, 5.74) is 3.57. The Kier molecular flexibility index (Phi) is 5.87. The van der Waals surface area contributed by atoms with Crippen molar-refractivity contribution in [2.45, 2.75) is 0 Å². The summed E-state index contributed by atoms with van der Waals surface area (Å²) in [6.45, 7) is 0. The molecule has 164 valence electrons. The predicted molar refractivity (Wildman–Crippen MR) is 136 cm³/mol. The third kappa shape index (κ3) is 4.30. The lowest BCUT2D eigenvalue weighted by Crippen LogP contribution is -2.08. The number of nitrogens with zero attached hydrogens (tertiary/aromatic N) is 1. The van der Waals surface area contributed by atoms with E-state index < -0.39 is 0 Å². The van der Waals surface area contributed by atoms with Gasteiger partial charge in [0.25, 0.3) is 0 Å². The van der Waals surface area contributed by atoms with Crippen molar-refractivity contribution in [1.29, 1.82) is 0 Å². The number of anilines is 3. The molecule has 5 aromatic rings. The molecule has 0 aliphatic carbocycles. The first-order valence-corrected chi connectivity index (χ1v) is 10.9. The number of carbonyl (C=O) groups is 2. The van der Waals surface area contributed by atoms with E-state index in [1.165, 1.54) is 6.08 Å². The van der Waals surface area contributed by atoms with Gasteiger partial charge in [-0.1, -0.05) is 60.7 Å². The number of carbonyl (C=O) groups excluding carboxylic acids is 2. The van der Waals surface area contributed by atoms with Gasteiger partial charge in [-0.25, -0.2) is 0 Å². The van der Waals surface area contributed by atoms with Crippen LogP contribution in [0.15, 0.2) is 120 Å². The van der Waals surface area contributed by atoms with Gasteiger partial charge < -0.3 is 4.42 Å². The first-order chi connectivity index (χ1) is 16.7. The first-order valence-electron chi connectivity index (χ1n) is 10.9. The van der Waals surface area contributed by atoms with Crippen LogP contribution in [0.5, 0.6) is 0 Å². The Morgan fingerprint density at radius 1 is 0.735 bits per heavy atom. The van der Waals surface area contributed by atoms with Crippen LogP contribution in [0.4, 0.5) is 17.3 Å². The third-order valence-corrected chi connectivity index (χ3v) is 5.63. The number of para-hydroxylation sites is 1. The molecule has 0 amide bonds. The topological polar surface area (TPSA) is 50.5 Å². The Balaban J connectivity index is 1.41. The summed E-state index contributed by atoms with van der Waals surface area (Å²) in [5, 5.41) is 1.85. The largest absolute Gasteiger partial charge is 0.448 e. The third-order valence-electron chi connectivity index (χ3n) is 5.63. The van der Waals surface area contributed by atoms with Crippen molar-refractivity contribution in [3.8, 4) is 0 Å². The van der Waals surface area contributed by atoms with Crippen molar-refractivity contribution >= 4 is 46.2 Å². The summed E-state index contributed by atoms with van der Waals surface area (Å²) in [4.78, 5) is 26.5. The predicted octanol–water partition coefficient (Wildman–Crippen LogP) is 7.61. The second-order valence-corrected chi connectivity index (χ2v) is 7.82. The summed E-state index contributed by atoms with van der Waals surface area (Å²) in [6, 6.07) is 32.8. The molecular weight excluding hydrogens is 422 g/mol. The van der Waals surface area contributed by atoms with E-state index in [9.17, 15) is 9.59 Å². The van der Waals surface area contributed by atoms with Crippen molar-refractivity contribution < 1.29 is 14.0 Å². The molecule has 0 aliphatic rings. The highest BCUT2D eigenvalue weighted by Crippen LogP contribution is 2.34. The number of rotatable bonds is 7. The molecule has 0 atom stereocenters. The van der Waals surface area contributed by atoms with Gasteiger partial charge in [-0.3, -0.25) is 14.5 Å². The van der Waals surface area contributed by atoms with Crippen molar-refractivity contribution in [2.24, 2.45) is 0 Å². The molecule has 0 spiro atoms. The van der Waals surface area contributed by atoms with Gasteiger partial charge in [0, 0.05) is 28.6 Å². The van der Waals surface area contributed by atoms with Gasteiger partial charge in [0.1, 0.15) is 0 Å². The minimum Gasteiger partial charge on any atom is -0.448 e. The van der Waals surface area contributed by atoms with Crippen molar-refractivity contribution in [1.82, 2.24) is 0 Å². The van der Waals surface area contributed by atoms with Gasteiger partial charge in [0.2, 0.25) is 5.88 Å². The molecule has 1 aromatic heterocycles. The first kappa shape index (κ1) is 21.2. The molecular formula is C30H21NO3. The fourth-order valence-electron chi connectivity index (χ4n) is 3.94. The van der Waals surface area contributed by atoms with E-state index in [0.717, 1.165) is 34.0 Å². The van der Waals surface area contributed by atoms with Crippen LogP contribution in [-0.4, -0.2) is 12.1 Å². The molecule has 34 heavy (non-hydrogen) atoms. The number of furan rings is 1. The molecule has 0 N–H and O–H groups in total. The summed E-state index contributed by atoms with van der Waals surface area (Å²) in [7, 11) is 0. The quantitative estimate of drug-likeness (QED) is 0.148. The highest BCUT2D eigenvalue weighted by molar-refractivity contribution is 6.13. The lowest BCUT2D eigenvalue weighted by molar-refractivity contribution is 0.103. The Morgan fingerprint density at radius 2 is 1.41 bits per heavy atom. The number of ketones is 1. The van der Waals surface area contributed by atoms with Crippen LogP contribution < -0.4 is 4.90 Å². The highest BCUT2D eigenvalue weighted by atomic mass is 16.3. The molecule has 0 bridgehead atoms. The maximum Gasteiger partial charge on any atom is 0.204 e. The average molecular weight is 444 g/mol. The Bertz CT molecular complexity index is 1470. The van der Waals surface area contributed by atoms with E-state index in [2.05, 4.69) is 0 Å². The molecule has 4 heteroatoms. The lowest BCUT2D eigenvalue weighted by atomic mass is 9.98. The van der Waals surface area contributed by atoms with Gasteiger partial charge in [0.05, 0.1) is 6.26 Å². The molecule has 0 unspecified atom stereocenters. The summed E-state index contributed by atoms with van der Waals surface area (Å²) in [5.74, 6) is 0.501. The van der Waals surface area contributed by atoms with E-state index in [1.807, 2.05) is 95.9 Å². The zero-order chi connectivity index (χ0) is 23.3. The fourth-order valence-corrected chi connectivity index (χ4v) is 3.94. The van der Waals surface area contributed by atoms with E-state index >= 15 is 0 Å². The number of hydrogen-bond donors (Lipinski definition) is 0. The maximum atomic E-state index is 12.9. The van der Waals surface area contributed by atoms with E-state index in [1.54, 1.807) is 24.5 Å². The van der Waals surface area contributed by atoms with E-state index in [-0.39, 0.29) is 5.78 Å². The minimum atomic E-state index is -0.210. The van der Waals surface area contributed by atoms with Gasteiger partial charge in [-0.05, 0) is 64.9 Å². The van der Waals surface area contributed by atoms with Crippen molar-refractivity contribution in [3.05, 3.63) is 132 Å². The molecule has 0 radical (unpaired) electrons. The van der Waals surface area contributed by atoms with Crippen LogP contribution in [0, 0.1) is 0 Å². The fraction of sp³-hybridized carbons (Fsp3) is 0. The zero-order valence-electron chi connectivity index (χ0n) is 18.3. The van der Waals surface area contributed by atoms with Gasteiger partial charge in [0.15, 0.2) is 12.1 Å². The summed E-state index contributed by atoms with van der Waals surface area (Å²) >= 11 is 0. The highest BCUT2D eigenvalue weighted by Gasteiger charge is 2.14. The summed E-state index contributed by atoms with van der Waals surface area (Å²) < 4.78 is 5.65. The Hall–Kier alpha value is -4.70. The number of aldehydes is 1. The monoisotopic (exact) mass is 443 g/mol. The standard InChI is InChI=1S/C30H21NO3/c32-21-25-19-23-7-4-5-8-24(23)20-28(25)29(33)17-14-22-12-15-27(16-13-22)31(30-11-6-18-34-30)26-9-2-1-3-10-26/h1-21H/b17-14-. The van der Waals surface area contributed by atoms with Gasteiger partial charge >= 0.3 is 0 Å². The van der Waals surface area contributed by atoms with Crippen LogP contribution in [0.1, 0.15) is 26.3 Å². The van der Waals surface area contributed by atoms with Crippen molar-refractivity contribution in [2.75, 3.05) is 4.90 Å². The summed E-state index contributed by atoms with van der Waals surface area (Å²) in [6.07, 6.45) is 5.65.